The summed E-state index contributed by atoms with van der Waals surface area (Å²) in [6.45, 7) is 6.57. The van der Waals surface area contributed by atoms with Crippen LogP contribution in [0.4, 0.5) is 11.4 Å². The van der Waals surface area contributed by atoms with Gasteiger partial charge in [0.15, 0.2) is 11.0 Å². The topological polar surface area (TPSA) is 88.9 Å². The normalized spacial score (nSPS) is 10.6. The Bertz CT molecular complexity index is 1050. The van der Waals surface area contributed by atoms with Gasteiger partial charge in [-0.05, 0) is 37.6 Å². The van der Waals surface area contributed by atoms with Crippen LogP contribution in [0.15, 0.2) is 53.7 Å². The molecule has 156 valence electrons. The molecule has 30 heavy (non-hydrogen) atoms. The predicted molar refractivity (Wildman–Crippen MR) is 121 cm³/mol. The van der Waals surface area contributed by atoms with Crippen molar-refractivity contribution in [2.24, 2.45) is 0 Å². The van der Waals surface area contributed by atoms with Crippen LogP contribution in [0.2, 0.25) is 0 Å². The summed E-state index contributed by atoms with van der Waals surface area (Å²) in [6, 6.07) is 15.1. The average Bonchev–Trinajstić information content (AvgIpc) is 3.15. The fourth-order valence-electron chi connectivity index (χ4n) is 2.95. The average molecular weight is 424 g/mol. The van der Waals surface area contributed by atoms with Crippen molar-refractivity contribution in [3.8, 4) is 11.4 Å². The fraction of sp³-hybridized carbons (Fsp3) is 0.273. The third-order valence-electron chi connectivity index (χ3n) is 4.50. The summed E-state index contributed by atoms with van der Waals surface area (Å²) in [5, 5.41) is 15.0. The molecule has 2 N–H and O–H groups in total. The van der Waals surface area contributed by atoms with Gasteiger partial charge in [0.05, 0.1) is 5.75 Å². The fourth-order valence-corrected chi connectivity index (χ4v) is 3.76. The third kappa shape index (κ3) is 5.27. The zero-order valence-electron chi connectivity index (χ0n) is 17.3. The highest BCUT2D eigenvalue weighted by Crippen LogP contribution is 2.26. The number of amides is 2. The molecule has 1 aromatic heterocycles. The molecule has 0 unspecified atom stereocenters. The SMILES string of the molecule is CCC(=O)Nc1cccc(NC(=O)CSc2nnc(-c3ccccc3C)n2CC)c1. The minimum absolute atomic E-state index is 0.0719. The molecule has 0 aliphatic carbocycles. The molecular formula is C22H25N5O2S. The molecule has 3 aromatic rings. The maximum atomic E-state index is 12.4. The molecule has 0 spiro atoms. The van der Waals surface area contributed by atoms with E-state index in [4.69, 9.17) is 0 Å². The number of nitrogens with one attached hydrogen (secondary N) is 2. The minimum atomic E-state index is -0.151. The van der Waals surface area contributed by atoms with Crippen molar-refractivity contribution in [2.45, 2.75) is 38.9 Å². The summed E-state index contributed by atoms with van der Waals surface area (Å²) in [5.41, 5.74) is 3.45. The van der Waals surface area contributed by atoms with Crippen LogP contribution in [-0.2, 0) is 16.1 Å². The first-order valence-corrected chi connectivity index (χ1v) is 10.8. The second kappa shape index (κ2) is 10.1. The van der Waals surface area contributed by atoms with Gasteiger partial charge in [0.1, 0.15) is 0 Å². The Morgan fingerprint density at radius 2 is 1.67 bits per heavy atom. The number of aromatic nitrogens is 3. The number of benzene rings is 2. The quantitative estimate of drug-likeness (QED) is 0.526. The van der Waals surface area contributed by atoms with Gasteiger partial charge in [-0.15, -0.1) is 10.2 Å². The van der Waals surface area contributed by atoms with E-state index in [1.54, 1.807) is 31.2 Å². The van der Waals surface area contributed by atoms with Gasteiger partial charge in [0, 0.05) is 29.9 Å². The van der Waals surface area contributed by atoms with Gasteiger partial charge in [-0.25, -0.2) is 0 Å². The van der Waals surface area contributed by atoms with Gasteiger partial charge in [-0.3, -0.25) is 9.59 Å². The number of hydrogen-bond acceptors (Lipinski definition) is 5. The second-order valence-corrected chi connectivity index (χ2v) is 7.63. The summed E-state index contributed by atoms with van der Waals surface area (Å²) < 4.78 is 2.02. The summed E-state index contributed by atoms with van der Waals surface area (Å²) in [7, 11) is 0. The van der Waals surface area contributed by atoms with E-state index >= 15 is 0 Å². The van der Waals surface area contributed by atoms with E-state index in [0.717, 1.165) is 17.0 Å². The lowest BCUT2D eigenvalue weighted by Gasteiger charge is -2.10. The van der Waals surface area contributed by atoms with Crippen molar-refractivity contribution in [1.82, 2.24) is 14.8 Å². The Kier molecular flexibility index (Phi) is 7.24. The number of carbonyl (C=O) groups is 2. The van der Waals surface area contributed by atoms with Gasteiger partial charge in [0.25, 0.3) is 0 Å². The lowest BCUT2D eigenvalue weighted by molar-refractivity contribution is -0.116. The number of nitrogens with zero attached hydrogens (tertiary/aromatic N) is 3. The molecule has 0 bridgehead atoms. The molecule has 7 nitrogen and oxygen atoms in total. The van der Waals surface area contributed by atoms with Gasteiger partial charge >= 0.3 is 0 Å². The Hall–Kier alpha value is -3.13. The van der Waals surface area contributed by atoms with Crippen molar-refractivity contribution < 1.29 is 9.59 Å². The Morgan fingerprint density at radius 1 is 0.967 bits per heavy atom. The maximum absolute atomic E-state index is 12.4. The molecule has 0 fully saturated rings. The van der Waals surface area contributed by atoms with Gasteiger partial charge in [-0.1, -0.05) is 49.0 Å². The highest BCUT2D eigenvalue weighted by atomic mass is 32.2. The number of hydrogen-bond donors (Lipinski definition) is 2. The standard InChI is InChI=1S/C22H25N5O2S/c1-4-19(28)23-16-10-8-11-17(13-16)24-20(29)14-30-22-26-25-21(27(22)5-2)18-12-7-6-9-15(18)3/h6-13H,4-5,14H2,1-3H3,(H,23,28)(H,24,29). The molecule has 1 heterocycles. The van der Waals surface area contributed by atoms with Crippen molar-refractivity contribution in [1.29, 1.82) is 0 Å². The van der Waals surface area contributed by atoms with Gasteiger partial charge < -0.3 is 15.2 Å². The van der Waals surface area contributed by atoms with Crippen LogP contribution in [0.25, 0.3) is 11.4 Å². The van der Waals surface area contributed by atoms with Crippen molar-refractivity contribution in [3.63, 3.8) is 0 Å². The number of thioether (sulfide) groups is 1. The van der Waals surface area contributed by atoms with E-state index in [9.17, 15) is 9.59 Å². The van der Waals surface area contributed by atoms with E-state index in [0.29, 0.717) is 29.5 Å². The molecule has 0 saturated carbocycles. The summed E-state index contributed by atoms with van der Waals surface area (Å²) >= 11 is 1.35. The van der Waals surface area contributed by atoms with Crippen molar-refractivity contribution >= 4 is 35.0 Å². The van der Waals surface area contributed by atoms with Crippen LogP contribution < -0.4 is 10.6 Å². The predicted octanol–water partition coefficient (Wildman–Crippen LogP) is 4.35. The van der Waals surface area contributed by atoms with Crippen molar-refractivity contribution in [3.05, 3.63) is 54.1 Å². The Morgan fingerprint density at radius 3 is 2.33 bits per heavy atom. The molecule has 2 amide bonds. The molecule has 2 aromatic carbocycles. The number of carbonyl (C=O) groups excluding carboxylic acids is 2. The molecule has 8 heteroatoms. The Balaban J connectivity index is 1.65. The Labute approximate surface area is 180 Å². The van der Waals surface area contributed by atoms with Crippen LogP contribution >= 0.6 is 11.8 Å². The van der Waals surface area contributed by atoms with E-state index < -0.39 is 0 Å². The van der Waals surface area contributed by atoms with E-state index in [1.165, 1.54) is 11.8 Å². The monoisotopic (exact) mass is 423 g/mol. The van der Waals surface area contributed by atoms with Crippen LogP contribution in [0, 0.1) is 6.92 Å². The van der Waals surface area contributed by atoms with Crippen LogP contribution in [-0.4, -0.2) is 32.3 Å². The number of anilines is 2. The van der Waals surface area contributed by atoms with Gasteiger partial charge in [0.2, 0.25) is 11.8 Å². The summed E-state index contributed by atoms with van der Waals surface area (Å²) in [4.78, 5) is 24.0. The largest absolute Gasteiger partial charge is 0.326 e. The molecule has 0 saturated heterocycles. The van der Waals surface area contributed by atoms with E-state index in [2.05, 4.69) is 20.8 Å². The molecule has 0 atom stereocenters. The first kappa shape index (κ1) is 21.6. The molecule has 0 aliphatic heterocycles. The molecule has 3 rings (SSSR count). The number of rotatable bonds is 8. The molecule has 0 aliphatic rings. The van der Waals surface area contributed by atoms with E-state index in [-0.39, 0.29) is 17.6 Å². The molecular weight excluding hydrogens is 398 g/mol. The van der Waals surface area contributed by atoms with Gasteiger partial charge in [-0.2, -0.15) is 0 Å². The highest BCUT2D eigenvalue weighted by Gasteiger charge is 2.16. The summed E-state index contributed by atoms with van der Waals surface area (Å²) in [6.07, 6.45) is 0.399. The lowest BCUT2D eigenvalue weighted by atomic mass is 10.1. The van der Waals surface area contributed by atoms with Crippen molar-refractivity contribution in [2.75, 3.05) is 16.4 Å². The van der Waals surface area contributed by atoms with Crippen LogP contribution in [0.1, 0.15) is 25.8 Å². The lowest BCUT2D eigenvalue weighted by Crippen LogP contribution is -2.15. The van der Waals surface area contributed by atoms with Crippen LogP contribution in [0.5, 0.6) is 0 Å². The minimum Gasteiger partial charge on any atom is -0.326 e. The zero-order chi connectivity index (χ0) is 21.5. The zero-order valence-corrected chi connectivity index (χ0v) is 18.1. The first-order chi connectivity index (χ1) is 14.5. The maximum Gasteiger partial charge on any atom is 0.234 e. The number of aryl methyl sites for hydroxylation is 1. The summed E-state index contributed by atoms with van der Waals surface area (Å²) in [5.74, 6) is 0.787. The van der Waals surface area contributed by atoms with Crippen LogP contribution in [0.3, 0.4) is 0 Å². The van der Waals surface area contributed by atoms with E-state index in [1.807, 2.05) is 42.7 Å². The molecule has 0 radical (unpaired) electrons. The first-order valence-electron chi connectivity index (χ1n) is 9.83. The second-order valence-electron chi connectivity index (χ2n) is 6.68. The third-order valence-corrected chi connectivity index (χ3v) is 5.47. The smallest absolute Gasteiger partial charge is 0.234 e. The highest BCUT2D eigenvalue weighted by molar-refractivity contribution is 7.99.